The second kappa shape index (κ2) is 6.61. The standard InChI is InChI=1S/C13H22N2O/c1-3-10(4-2)13(16)12(9-14)11-5-7-15-8-6-11/h5-8,10,12-13,16H,3-4,9,14H2,1-2H3. The topological polar surface area (TPSA) is 59.1 Å². The zero-order chi connectivity index (χ0) is 12.0. The van der Waals surface area contributed by atoms with Gasteiger partial charge in [0.1, 0.15) is 0 Å². The van der Waals surface area contributed by atoms with Crippen molar-refractivity contribution in [2.24, 2.45) is 11.7 Å². The van der Waals surface area contributed by atoms with Crippen molar-refractivity contribution in [1.82, 2.24) is 4.98 Å². The number of nitrogens with zero attached hydrogens (tertiary/aromatic N) is 1. The summed E-state index contributed by atoms with van der Waals surface area (Å²) in [6.45, 7) is 4.69. The van der Waals surface area contributed by atoms with Gasteiger partial charge in [-0.25, -0.2) is 0 Å². The van der Waals surface area contributed by atoms with Crippen LogP contribution in [0.2, 0.25) is 0 Å². The van der Waals surface area contributed by atoms with Gasteiger partial charge in [0.25, 0.3) is 0 Å². The van der Waals surface area contributed by atoms with Gasteiger partial charge in [-0.3, -0.25) is 4.98 Å². The van der Waals surface area contributed by atoms with Crippen molar-refractivity contribution >= 4 is 0 Å². The molecule has 2 unspecified atom stereocenters. The summed E-state index contributed by atoms with van der Waals surface area (Å²) in [6.07, 6.45) is 5.11. The van der Waals surface area contributed by atoms with E-state index < -0.39 is 0 Å². The highest BCUT2D eigenvalue weighted by Crippen LogP contribution is 2.26. The van der Waals surface area contributed by atoms with Crippen LogP contribution in [0, 0.1) is 5.92 Å². The predicted octanol–water partition coefficient (Wildman–Crippen LogP) is 1.92. The highest BCUT2D eigenvalue weighted by molar-refractivity contribution is 5.18. The van der Waals surface area contributed by atoms with Crippen molar-refractivity contribution in [1.29, 1.82) is 0 Å². The Morgan fingerprint density at radius 3 is 2.25 bits per heavy atom. The van der Waals surface area contributed by atoms with Crippen LogP contribution in [0.1, 0.15) is 38.2 Å². The summed E-state index contributed by atoms with van der Waals surface area (Å²) in [5.74, 6) is 0.342. The molecule has 0 aliphatic carbocycles. The summed E-state index contributed by atoms with van der Waals surface area (Å²) in [7, 11) is 0. The minimum Gasteiger partial charge on any atom is -0.392 e. The number of pyridine rings is 1. The lowest BCUT2D eigenvalue weighted by Gasteiger charge is -2.28. The molecule has 1 rings (SSSR count). The van der Waals surface area contributed by atoms with Crippen LogP contribution in [0.3, 0.4) is 0 Å². The van der Waals surface area contributed by atoms with E-state index in [1.807, 2.05) is 12.1 Å². The smallest absolute Gasteiger partial charge is 0.0648 e. The summed E-state index contributed by atoms with van der Waals surface area (Å²) >= 11 is 0. The fraction of sp³-hybridized carbons (Fsp3) is 0.615. The molecule has 16 heavy (non-hydrogen) atoms. The Hall–Kier alpha value is -0.930. The highest BCUT2D eigenvalue weighted by atomic mass is 16.3. The average Bonchev–Trinajstić information content (AvgIpc) is 2.33. The fourth-order valence-electron chi connectivity index (χ4n) is 2.18. The Labute approximate surface area is 97.7 Å². The van der Waals surface area contributed by atoms with Crippen molar-refractivity contribution in [2.75, 3.05) is 6.54 Å². The van der Waals surface area contributed by atoms with Gasteiger partial charge in [-0.1, -0.05) is 26.7 Å². The monoisotopic (exact) mass is 222 g/mol. The number of rotatable bonds is 6. The van der Waals surface area contributed by atoms with Crippen molar-refractivity contribution in [3.05, 3.63) is 30.1 Å². The first-order chi connectivity index (χ1) is 7.74. The van der Waals surface area contributed by atoms with Gasteiger partial charge in [0.05, 0.1) is 6.10 Å². The Kier molecular flexibility index (Phi) is 5.43. The van der Waals surface area contributed by atoms with Crippen molar-refractivity contribution in [3.8, 4) is 0 Å². The van der Waals surface area contributed by atoms with Gasteiger partial charge in [0.15, 0.2) is 0 Å². The van der Waals surface area contributed by atoms with E-state index in [9.17, 15) is 5.11 Å². The number of hydrogen-bond donors (Lipinski definition) is 2. The van der Waals surface area contributed by atoms with E-state index in [4.69, 9.17) is 5.73 Å². The average molecular weight is 222 g/mol. The second-order valence-corrected chi connectivity index (χ2v) is 4.19. The van der Waals surface area contributed by atoms with Gasteiger partial charge in [-0.05, 0) is 23.6 Å². The normalized spacial score (nSPS) is 15.1. The Balaban J connectivity index is 2.82. The molecule has 3 heteroatoms. The molecule has 90 valence electrons. The number of aliphatic hydroxyl groups excluding tert-OH is 1. The molecule has 0 amide bonds. The molecule has 3 nitrogen and oxygen atoms in total. The SMILES string of the molecule is CCC(CC)C(O)C(CN)c1ccncc1. The van der Waals surface area contributed by atoms with E-state index in [1.54, 1.807) is 12.4 Å². The lowest BCUT2D eigenvalue weighted by Crippen LogP contribution is -2.32. The van der Waals surface area contributed by atoms with Crippen LogP contribution in [-0.2, 0) is 0 Å². The van der Waals surface area contributed by atoms with Crippen LogP contribution < -0.4 is 5.73 Å². The van der Waals surface area contributed by atoms with Crippen LogP contribution in [0.4, 0.5) is 0 Å². The zero-order valence-corrected chi connectivity index (χ0v) is 10.1. The van der Waals surface area contributed by atoms with Crippen LogP contribution >= 0.6 is 0 Å². The largest absolute Gasteiger partial charge is 0.392 e. The maximum absolute atomic E-state index is 10.3. The van der Waals surface area contributed by atoms with Crippen molar-refractivity contribution in [3.63, 3.8) is 0 Å². The van der Waals surface area contributed by atoms with E-state index in [2.05, 4.69) is 18.8 Å². The van der Waals surface area contributed by atoms with Gasteiger partial charge >= 0.3 is 0 Å². The van der Waals surface area contributed by atoms with Crippen molar-refractivity contribution in [2.45, 2.75) is 38.7 Å². The third-order valence-corrected chi connectivity index (χ3v) is 3.33. The number of aliphatic hydroxyl groups is 1. The second-order valence-electron chi connectivity index (χ2n) is 4.19. The Morgan fingerprint density at radius 1 is 1.25 bits per heavy atom. The van der Waals surface area contributed by atoms with Crippen LogP contribution in [0.15, 0.2) is 24.5 Å². The van der Waals surface area contributed by atoms with Gasteiger partial charge in [-0.15, -0.1) is 0 Å². The first-order valence-corrected chi connectivity index (χ1v) is 6.02. The third kappa shape index (κ3) is 3.03. The molecule has 1 aromatic rings. The first kappa shape index (κ1) is 13.1. The Morgan fingerprint density at radius 2 is 1.81 bits per heavy atom. The zero-order valence-electron chi connectivity index (χ0n) is 10.1. The van der Waals surface area contributed by atoms with Gasteiger partial charge < -0.3 is 10.8 Å². The van der Waals surface area contributed by atoms with Crippen LogP contribution in [0.25, 0.3) is 0 Å². The molecular formula is C13H22N2O. The van der Waals surface area contributed by atoms with Gasteiger partial charge in [0, 0.05) is 24.9 Å². The summed E-state index contributed by atoms with van der Waals surface area (Å²) in [4.78, 5) is 3.98. The maximum Gasteiger partial charge on any atom is 0.0648 e. The first-order valence-electron chi connectivity index (χ1n) is 6.02. The minimum atomic E-state index is -0.359. The minimum absolute atomic E-state index is 0.0212. The molecule has 0 saturated carbocycles. The van der Waals surface area contributed by atoms with E-state index in [-0.39, 0.29) is 12.0 Å². The molecule has 0 fully saturated rings. The molecule has 1 aromatic heterocycles. The van der Waals surface area contributed by atoms with E-state index >= 15 is 0 Å². The highest BCUT2D eigenvalue weighted by Gasteiger charge is 2.25. The van der Waals surface area contributed by atoms with E-state index in [0.717, 1.165) is 18.4 Å². The molecule has 0 bridgehead atoms. The number of aromatic nitrogens is 1. The molecule has 0 aromatic carbocycles. The molecule has 0 radical (unpaired) electrons. The summed E-state index contributed by atoms with van der Waals surface area (Å²) < 4.78 is 0. The fourth-order valence-corrected chi connectivity index (χ4v) is 2.18. The van der Waals surface area contributed by atoms with Gasteiger partial charge in [-0.2, -0.15) is 0 Å². The molecule has 0 aliphatic heterocycles. The number of hydrogen-bond acceptors (Lipinski definition) is 3. The Bertz CT molecular complexity index is 285. The molecule has 0 aliphatic rings. The molecule has 1 heterocycles. The molecule has 3 N–H and O–H groups in total. The summed E-state index contributed by atoms with van der Waals surface area (Å²) in [5, 5.41) is 10.3. The van der Waals surface area contributed by atoms with E-state index in [0.29, 0.717) is 12.5 Å². The predicted molar refractivity (Wildman–Crippen MR) is 66.1 cm³/mol. The maximum atomic E-state index is 10.3. The van der Waals surface area contributed by atoms with E-state index in [1.165, 1.54) is 0 Å². The van der Waals surface area contributed by atoms with Crippen LogP contribution in [-0.4, -0.2) is 22.7 Å². The quantitative estimate of drug-likeness (QED) is 0.773. The summed E-state index contributed by atoms with van der Waals surface area (Å²) in [5.41, 5.74) is 6.85. The molecular weight excluding hydrogens is 200 g/mol. The molecule has 0 saturated heterocycles. The molecule has 0 spiro atoms. The van der Waals surface area contributed by atoms with Gasteiger partial charge in [0.2, 0.25) is 0 Å². The van der Waals surface area contributed by atoms with Crippen molar-refractivity contribution < 1.29 is 5.11 Å². The summed E-state index contributed by atoms with van der Waals surface area (Å²) in [6, 6.07) is 3.87. The molecule has 2 atom stereocenters. The number of nitrogens with two attached hydrogens (primary N) is 1. The lowest BCUT2D eigenvalue weighted by atomic mass is 9.83. The lowest BCUT2D eigenvalue weighted by molar-refractivity contribution is 0.0779. The van der Waals surface area contributed by atoms with Crippen LogP contribution in [0.5, 0.6) is 0 Å². The third-order valence-electron chi connectivity index (χ3n) is 3.33.